The van der Waals surface area contributed by atoms with E-state index in [1.165, 1.54) is 14.0 Å². The van der Waals surface area contributed by atoms with Gasteiger partial charge in [0.05, 0.1) is 7.11 Å². The third-order valence-corrected chi connectivity index (χ3v) is 2.61. The van der Waals surface area contributed by atoms with Crippen molar-refractivity contribution in [3.05, 3.63) is 39.7 Å². The fraction of sp³-hybridized carbons (Fsp3) is 0.231. The Morgan fingerprint density at radius 1 is 1.35 bits per heavy atom. The number of rotatable bonds is 2. The highest BCUT2D eigenvalue weighted by Crippen LogP contribution is 2.27. The first-order valence-corrected chi connectivity index (χ1v) is 5.17. The molecule has 0 saturated heterocycles. The Kier molecular flexibility index (Phi) is 2.71. The van der Waals surface area contributed by atoms with Crippen LogP contribution in [0, 0.1) is 6.92 Å². The molecule has 0 bridgehead atoms. The zero-order valence-corrected chi connectivity index (χ0v) is 9.87. The normalized spacial score (nSPS) is 10.5. The van der Waals surface area contributed by atoms with Crippen LogP contribution in [0.25, 0.3) is 11.0 Å². The average Bonchev–Trinajstić information content (AvgIpc) is 2.29. The molecule has 1 aromatic heterocycles. The van der Waals surface area contributed by atoms with Crippen LogP contribution < -0.4 is 10.4 Å². The lowest BCUT2D eigenvalue weighted by molar-refractivity contribution is 0.101. The molecule has 1 aromatic carbocycles. The summed E-state index contributed by atoms with van der Waals surface area (Å²) in [7, 11) is 1.47. The summed E-state index contributed by atoms with van der Waals surface area (Å²) in [6.07, 6.45) is 0. The van der Waals surface area contributed by atoms with E-state index in [1.807, 2.05) is 0 Å². The topological polar surface area (TPSA) is 56.5 Å². The summed E-state index contributed by atoms with van der Waals surface area (Å²) in [6.45, 7) is 3.08. The van der Waals surface area contributed by atoms with E-state index in [9.17, 15) is 9.59 Å². The molecule has 0 spiro atoms. The maximum Gasteiger partial charge on any atom is 0.339 e. The van der Waals surface area contributed by atoms with Crippen molar-refractivity contribution >= 4 is 16.8 Å². The number of aryl methyl sites for hydroxylation is 1. The second-order valence-electron chi connectivity index (χ2n) is 3.83. The predicted molar refractivity (Wildman–Crippen MR) is 63.8 cm³/mol. The maximum atomic E-state index is 11.6. The zero-order valence-electron chi connectivity index (χ0n) is 9.87. The third kappa shape index (κ3) is 1.82. The average molecular weight is 232 g/mol. The Morgan fingerprint density at radius 2 is 2.06 bits per heavy atom. The molecule has 4 heteroatoms. The van der Waals surface area contributed by atoms with Crippen LogP contribution in [0.2, 0.25) is 0 Å². The second kappa shape index (κ2) is 4.05. The lowest BCUT2D eigenvalue weighted by atomic mass is 10.1. The van der Waals surface area contributed by atoms with Gasteiger partial charge in [-0.2, -0.15) is 0 Å². The second-order valence-corrected chi connectivity index (χ2v) is 3.83. The highest BCUT2D eigenvalue weighted by molar-refractivity contribution is 6.07. The van der Waals surface area contributed by atoms with Crippen LogP contribution in [-0.2, 0) is 0 Å². The molecule has 0 atom stereocenters. The number of ether oxygens (including phenoxy) is 1. The van der Waals surface area contributed by atoms with E-state index in [1.54, 1.807) is 25.1 Å². The van der Waals surface area contributed by atoms with Crippen LogP contribution >= 0.6 is 0 Å². The molecule has 0 saturated carbocycles. The van der Waals surface area contributed by atoms with E-state index in [2.05, 4.69) is 0 Å². The molecule has 2 aromatic rings. The zero-order chi connectivity index (χ0) is 12.6. The van der Waals surface area contributed by atoms with Crippen LogP contribution in [0.15, 0.2) is 27.4 Å². The number of carbonyl (C=O) groups excluding carboxylic acids is 1. The Labute approximate surface area is 97.8 Å². The summed E-state index contributed by atoms with van der Waals surface area (Å²) in [4.78, 5) is 23.1. The molecular formula is C13H12O4. The third-order valence-electron chi connectivity index (χ3n) is 2.61. The molecule has 88 valence electrons. The van der Waals surface area contributed by atoms with E-state index >= 15 is 0 Å². The molecule has 2 rings (SSSR count). The molecule has 0 unspecified atom stereocenters. The lowest BCUT2D eigenvalue weighted by Gasteiger charge is -2.08. The largest absolute Gasteiger partial charge is 0.496 e. The molecule has 1 heterocycles. The van der Waals surface area contributed by atoms with Crippen molar-refractivity contribution in [2.75, 3.05) is 7.11 Å². The van der Waals surface area contributed by atoms with Crippen LogP contribution in [0.3, 0.4) is 0 Å². The van der Waals surface area contributed by atoms with Crippen LogP contribution in [0.4, 0.5) is 0 Å². The van der Waals surface area contributed by atoms with Crippen molar-refractivity contribution in [1.82, 2.24) is 0 Å². The summed E-state index contributed by atoms with van der Waals surface area (Å²) >= 11 is 0. The van der Waals surface area contributed by atoms with Gasteiger partial charge >= 0.3 is 5.63 Å². The molecule has 17 heavy (non-hydrogen) atoms. The van der Waals surface area contributed by atoms with Crippen molar-refractivity contribution in [2.45, 2.75) is 13.8 Å². The molecule has 0 amide bonds. The Bertz CT molecular complexity index is 652. The van der Waals surface area contributed by atoms with Crippen LogP contribution in [0.5, 0.6) is 5.75 Å². The Balaban J connectivity index is 2.94. The minimum Gasteiger partial charge on any atom is -0.496 e. The monoisotopic (exact) mass is 232 g/mol. The number of methoxy groups -OCH3 is 1. The molecule has 0 N–H and O–H groups in total. The molecule has 0 radical (unpaired) electrons. The van der Waals surface area contributed by atoms with Gasteiger partial charge in [0.25, 0.3) is 0 Å². The first-order valence-electron chi connectivity index (χ1n) is 5.17. The summed E-state index contributed by atoms with van der Waals surface area (Å²) in [6, 6.07) is 5.15. The minimum atomic E-state index is -0.437. The van der Waals surface area contributed by atoms with Crippen LogP contribution in [0.1, 0.15) is 22.8 Å². The Hall–Kier alpha value is -2.10. The van der Waals surface area contributed by atoms with Crippen molar-refractivity contribution in [3.8, 4) is 5.75 Å². The lowest BCUT2D eigenvalue weighted by Crippen LogP contribution is -2.06. The number of hydrogen-bond donors (Lipinski definition) is 0. The van der Waals surface area contributed by atoms with E-state index in [0.717, 1.165) is 0 Å². The van der Waals surface area contributed by atoms with Gasteiger partial charge in [-0.15, -0.1) is 0 Å². The highest BCUT2D eigenvalue weighted by atomic mass is 16.5. The molecule has 0 aliphatic heterocycles. The summed E-state index contributed by atoms with van der Waals surface area (Å²) < 4.78 is 10.3. The van der Waals surface area contributed by atoms with Crippen molar-refractivity contribution in [2.24, 2.45) is 0 Å². The van der Waals surface area contributed by atoms with Crippen molar-refractivity contribution in [3.63, 3.8) is 0 Å². The fourth-order valence-electron chi connectivity index (χ4n) is 1.77. The smallest absolute Gasteiger partial charge is 0.339 e. The van der Waals surface area contributed by atoms with Crippen molar-refractivity contribution < 1.29 is 13.9 Å². The first kappa shape index (κ1) is 11.4. The number of hydrogen-bond acceptors (Lipinski definition) is 4. The van der Waals surface area contributed by atoms with Gasteiger partial charge in [-0.1, -0.05) is 0 Å². The summed E-state index contributed by atoms with van der Waals surface area (Å²) in [5.41, 5.74) is 0.667. The van der Waals surface area contributed by atoms with Gasteiger partial charge in [-0.05, 0) is 32.0 Å². The molecule has 0 aliphatic rings. The Morgan fingerprint density at radius 3 is 2.65 bits per heavy atom. The van der Waals surface area contributed by atoms with Crippen molar-refractivity contribution in [1.29, 1.82) is 0 Å². The van der Waals surface area contributed by atoms with E-state index in [4.69, 9.17) is 9.15 Å². The van der Waals surface area contributed by atoms with Gasteiger partial charge in [-0.3, -0.25) is 4.79 Å². The fourth-order valence-corrected chi connectivity index (χ4v) is 1.77. The number of ketones is 1. The van der Waals surface area contributed by atoms with E-state index in [0.29, 0.717) is 22.3 Å². The molecule has 4 nitrogen and oxygen atoms in total. The highest BCUT2D eigenvalue weighted by Gasteiger charge is 2.15. The van der Waals surface area contributed by atoms with Gasteiger partial charge in [0.2, 0.25) is 0 Å². The summed E-state index contributed by atoms with van der Waals surface area (Å²) in [5.74, 6) is 0.219. The van der Waals surface area contributed by atoms with Crippen LogP contribution in [-0.4, -0.2) is 12.9 Å². The van der Waals surface area contributed by atoms with Gasteiger partial charge in [-0.25, -0.2) is 4.79 Å². The van der Waals surface area contributed by atoms with E-state index < -0.39 is 5.63 Å². The number of Topliss-reactive ketones (excluding diaryl/α,β-unsaturated/α-hetero) is 1. The predicted octanol–water partition coefficient (Wildman–Crippen LogP) is 2.31. The standard InChI is InChI=1S/C13H12O4/c1-7-6-9-4-5-10(16-3)11(8(2)14)12(9)17-13(7)15/h4-6H,1-3H3. The van der Waals surface area contributed by atoms with E-state index in [-0.39, 0.29) is 11.4 Å². The van der Waals surface area contributed by atoms with Gasteiger partial charge in [0.1, 0.15) is 11.3 Å². The quantitative estimate of drug-likeness (QED) is 0.589. The summed E-state index contributed by atoms with van der Waals surface area (Å²) in [5, 5.41) is 0.716. The number of fused-ring (bicyclic) bond motifs is 1. The number of benzene rings is 1. The van der Waals surface area contributed by atoms with Gasteiger partial charge in [0.15, 0.2) is 11.4 Å². The van der Waals surface area contributed by atoms with Gasteiger partial charge < -0.3 is 9.15 Å². The number of carbonyl (C=O) groups is 1. The first-order chi connectivity index (χ1) is 8.04. The molecule has 0 aliphatic carbocycles. The molecular weight excluding hydrogens is 220 g/mol. The SMILES string of the molecule is COc1ccc2cc(C)c(=O)oc2c1C(C)=O. The minimum absolute atomic E-state index is 0.195. The maximum absolute atomic E-state index is 11.6. The molecule has 0 fully saturated rings. The van der Waals surface area contributed by atoms with Gasteiger partial charge in [0, 0.05) is 10.9 Å².